The van der Waals surface area contributed by atoms with Gasteiger partial charge in [-0.25, -0.2) is 0 Å². The first-order valence-corrected chi connectivity index (χ1v) is 5.41. The molecule has 0 aromatic rings. The first kappa shape index (κ1) is 15.8. The minimum Gasteiger partial charge on any atom is -0.303 e. The summed E-state index contributed by atoms with van der Waals surface area (Å²) in [5, 5.41) is 0. The maximum absolute atomic E-state index is 9.71. The van der Waals surface area contributed by atoms with E-state index in [9.17, 15) is 9.59 Å². The molecule has 0 saturated heterocycles. The van der Waals surface area contributed by atoms with Crippen molar-refractivity contribution in [3.8, 4) is 0 Å². The van der Waals surface area contributed by atoms with Crippen molar-refractivity contribution in [3.05, 3.63) is 0 Å². The summed E-state index contributed by atoms with van der Waals surface area (Å²) >= 11 is 0. The van der Waals surface area contributed by atoms with E-state index in [1.165, 1.54) is 0 Å². The van der Waals surface area contributed by atoms with E-state index < -0.39 is 0 Å². The van der Waals surface area contributed by atoms with Crippen molar-refractivity contribution in [3.63, 3.8) is 0 Å². The van der Waals surface area contributed by atoms with E-state index in [1.54, 1.807) is 0 Å². The fourth-order valence-corrected chi connectivity index (χ4v) is 0.803. The van der Waals surface area contributed by atoms with E-state index in [2.05, 4.69) is 27.7 Å². The lowest BCUT2D eigenvalue weighted by atomic mass is 10.1. The van der Waals surface area contributed by atoms with E-state index in [4.69, 9.17) is 0 Å². The van der Waals surface area contributed by atoms with Crippen LogP contribution in [0.25, 0.3) is 0 Å². The predicted octanol–water partition coefficient (Wildman–Crippen LogP) is 3.24. The lowest BCUT2D eigenvalue weighted by molar-refractivity contribution is -0.108. The second kappa shape index (κ2) is 12.3. The van der Waals surface area contributed by atoms with Crippen LogP contribution in [0.5, 0.6) is 0 Å². The molecule has 0 aliphatic carbocycles. The van der Waals surface area contributed by atoms with Gasteiger partial charge in [-0.3, -0.25) is 0 Å². The number of carbonyl (C=O) groups excluding carboxylic acids is 2. The van der Waals surface area contributed by atoms with Crippen molar-refractivity contribution < 1.29 is 9.59 Å². The molecule has 0 amide bonds. The molecule has 0 aliphatic heterocycles. The Morgan fingerprint density at radius 3 is 1.14 bits per heavy atom. The summed E-state index contributed by atoms with van der Waals surface area (Å²) in [6.45, 7) is 8.46. The van der Waals surface area contributed by atoms with Gasteiger partial charge in [-0.1, -0.05) is 27.7 Å². The van der Waals surface area contributed by atoms with Crippen LogP contribution in [0.3, 0.4) is 0 Å². The van der Waals surface area contributed by atoms with E-state index in [-0.39, 0.29) is 0 Å². The van der Waals surface area contributed by atoms with Crippen LogP contribution >= 0.6 is 0 Å². The summed E-state index contributed by atoms with van der Waals surface area (Å²) in [6.07, 6.45) is 5.45. The van der Waals surface area contributed by atoms with Crippen molar-refractivity contribution in [1.29, 1.82) is 0 Å². The van der Waals surface area contributed by atoms with E-state index in [1.807, 2.05) is 0 Å². The third-order valence-corrected chi connectivity index (χ3v) is 1.72. The Kier molecular flexibility index (Phi) is 13.9. The zero-order chi connectivity index (χ0) is 11.4. The van der Waals surface area contributed by atoms with Crippen LogP contribution in [-0.4, -0.2) is 12.6 Å². The van der Waals surface area contributed by atoms with Gasteiger partial charge in [0, 0.05) is 12.8 Å². The molecule has 0 spiro atoms. The monoisotopic (exact) mass is 200 g/mol. The molecular weight excluding hydrogens is 176 g/mol. The molecule has 0 atom stereocenters. The van der Waals surface area contributed by atoms with Gasteiger partial charge in [0.25, 0.3) is 0 Å². The predicted molar refractivity (Wildman–Crippen MR) is 60.3 cm³/mol. The fraction of sp³-hybridized carbons (Fsp3) is 0.833. The average molecular weight is 200 g/mol. The number of carbonyl (C=O) groups is 2. The Labute approximate surface area is 88.1 Å². The standard InChI is InChI=1S/2C6H12O/c2*1-6(2)4-3-5-7/h2*5-6H,3-4H2,1-2H3. The van der Waals surface area contributed by atoms with E-state index >= 15 is 0 Å². The van der Waals surface area contributed by atoms with Gasteiger partial charge >= 0.3 is 0 Å². The molecule has 0 N–H and O–H groups in total. The minimum atomic E-state index is 0.671. The lowest BCUT2D eigenvalue weighted by Crippen LogP contribution is -1.85. The third kappa shape index (κ3) is 22.5. The number of hydrogen-bond acceptors (Lipinski definition) is 2. The highest BCUT2D eigenvalue weighted by Crippen LogP contribution is 2.00. The molecule has 0 saturated carbocycles. The molecule has 0 aromatic carbocycles. The second-order valence-electron chi connectivity index (χ2n) is 4.28. The van der Waals surface area contributed by atoms with Gasteiger partial charge in [0.2, 0.25) is 0 Å². The second-order valence-corrected chi connectivity index (χ2v) is 4.28. The Balaban J connectivity index is 0. The van der Waals surface area contributed by atoms with Crippen LogP contribution in [0, 0.1) is 11.8 Å². The van der Waals surface area contributed by atoms with Gasteiger partial charge in [0.15, 0.2) is 0 Å². The molecule has 0 bridgehead atoms. The SMILES string of the molecule is CC(C)CCC=O.CC(C)CCC=O. The van der Waals surface area contributed by atoms with Gasteiger partial charge in [0.05, 0.1) is 0 Å². The van der Waals surface area contributed by atoms with Crippen LogP contribution in [0.15, 0.2) is 0 Å². The van der Waals surface area contributed by atoms with Crippen molar-refractivity contribution in [2.24, 2.45) is 11.8 Å². The highest BCUT2D eigenvalue weighted by Gasteiger charge is 1.89. The van der Waals surface area contributed by atoms with Gasteiger partial charge < -0.3 is 9.59 Å². The molecule has 0 heterocycles. The molecule has 0 rings (SSSR count). The Morgan fingerprint density at radius 2 is 1.07 bits per heavy atom. The molecule has 0 aromatic heterocycles. The van der Waals surface area contributed by atoms with Gasteiger partial charge in [-0.2, -0.15) is 0 Å². The number of hydrogen-bond donors (Lipinski definition) is 0. The Bertz CT molecular complexity index is 112. The van der Waals surface area contributed by atoms with Crippen LogP contribution in [0.2, 0.25) is 0 Å². The van der Waals surface area contributed by atoms with E-state index in [0.29, 0.717) is 11.8 Å². The molecule has 0 radical (unpaired) electrons. The minimum absolute atomic E-state index is 0.671. The molecule has 14 heavy (non-hydrogen) atoms. The van der Waals surface area contributed by atoms with E-state index in [0.717, 1.165) is 38.3 Å². The zero-order valence-electron chi connectivity index (χ0n) is 9.95. The van der Waals surface area contributed by atoms with Crippen LogP contribution in [0.4, 0.5) is 0 Å². The number of aldehydes is 2. The normalized spacial score (nSPS) is 9.57. The molecule has 84 valence electrons. The average Bonchev–Trinajstić information content (AvgIpc) is 2.12. The summed E-state index contributed by atoms with van der Waals surface area (Å²) in [5.74, 6) is 1.34. The van der Waals surface area contributed by atoms with Crippen LogP contribution in [0.1, 0.15) is 53.4 Å². The summed E-state index contributed by atoms with van der Waals surface area (Å²) < 4.78 is 0. The van der Waals surface area contributed by atoms with Gasteiger partial charge in [0.1, 0.15) is 12.6 Å². The fourth-order valence-electron chi connectivity index (χ4n) is 0.803. The van der Waals surface area contributed by atoms with Crippen molar-refractivity contribution >= 4 is 12.6 Å². The summed E-state index contributed by atoms with van der Waals surface area (Å²) in [5.41, 5.74) is 0. The Morgan fingerprint density at radius 1 is 0.786 bits per heavy atom. The van der Waals surface area contributed by atoms with Crippen molar-refractivity contribution in [2.75, 3.05) is 0 Å². The summed E-state index contributed by atoms with van der Waals surface area (Å²) in [6, 6.07) is 0. The van der Waals surface area contributed by atoms with Gasteiger partial charge in [-0.15, -0.1) is 0 Å². The van der Waals surface area contributed by atoms with Gasteiger partial charge in [-0.05, 0) is 24.7 Å². The molecule has 0 unspecified atom stereocenters. The summed E-state index contributed by atoms with van der Waals surface area (Å²) in [4.78, 5) is 19.4. The zero-order valence-corrected chi connectivity index (χ0v) is 9.95. The summed E-state index contributed by atoms with van der Waals surface area (Å²) in [7, 11) is 0. The topological polar surface area (TPSA) is 34.1 Å². The maximum Gasteiger partial charge on any atom is 0.120 e. The van der Waals surface area contributed by atoms with Crippen molar-refractivity contribution in [2.45, 2.75) is 53.4 Å². The third-order valence-electron chi connectivity index (χ3n) is 1.72. The lowest BCUT2D eigenvalue weighted by Gasteiger charge is -1.95. The smallest absolute Gasteiger partial charge is 0.120 e. The highest BCUT2D eigenvalue weighted by molar-refractivity contribution is 5.49. The first-order chi connectivity index (χ1) is 6.54. The molecule has 0 fully saturated rings. The maximum atomic E-state index is 9.71. The number of rotatable bonds is 6. The Hall–Kier alpha value is -0.660. The first-order valence-electron chi connectivity index (χ1n) is 5.41. The molecule has 2 nitrogen and oxygen atoms in total. The van der Waals surface area contributed by atoms with Crippen molar-refractivity contribution in [1.82, 2.24) is 0 Å². The largest absolute Gasteiger partial charge is 0.303 e. The quantitative estimate of drug-likeness (QED) is 0.617. The molecular formula is C12H24O2. The molecule has 2 heteroatoms. The highest BCUT2D eigenvalue weighted by atomic mass is 16.1. The van der Waals surface area contributed by atoms with Crippen LogP contribution < -0.4 is 0 Å². The molecule has 0 aliphatic rings. The van der Waals surface area contributed by atoms with Crippen LogP contribution in [-0.2, 0) is 9.59 Å².